The Kier molecular flexibility index (Phi) is 4.18. The summed E-state index contributed by atoms with van der Waals surface area (Å²) in [5, 5.41) is 8.77. The molecule has 0 aliphatic rings. The van der Waals surface area contributed by atoms with Crippen LogP contribution in [0.4, 0.5) is 13.2 Å². The molecule has 1 aromatic rings. The zero-order chi connectivity index (χ0) is 13.9. The molecule has 0 amide bonds. The molecule has 3 N–H and O–H groups in total. The molecule has 0 fully saturated rings. The molecule has 0 saturated heterocycles. The molecule has 0 radical (unpaired) electrons. The Labute approximate surface area is 101 Å². The predicted molar refractivity (Wildman–Crippen MR) is 56.9 cm³/mol. The number of aliphatic carboxylic acids is 1. The molecular formula is C11H12F3NO3. The topological polar surface area (TPSA) is 72.5 Å². The van der Waals surface area contributed by atoms with Crippen LogP contribution in [0.5, 0.6) is 5.75 Å². The monoisotopic (exact) mass is 263 g/mol. The van der Waals surface area contributed by atoms with Crippen molar-refractivity contribution in [1.82, 2.24) is 0 Å². The molecule has 0 spiro atoms. The van der Waals surface area contributed by atoms with Gasteiger partial charge in [0.15, 0.2) is 0 Å². The molecule has 0 saturated carbocycles. The van der Waals surface area contributed by atoms with E-state index >= 15 is 0 Å². The minimum atomic E-state index is -4.75. The molecule has 2 atom stereocenters. The smallest absolute Gasteiger partial charge is 0.481 e. The molecule has 1 rings (SSSR count). The average molecular weight is 263 g/mol. The predicted octanol–water partition coefficient (Wildman–Crippen LogP) is 2.31. The number of hydrogen-bond donors (Lipinski definition) is 2. The number of benzene rings is 1. The highest BCUT2D eigenvalue weighted by Gasteiger charge is 2.31. The molecule has 0 heterocycles. The van der Waals surface area contributed by atoms with E-state index in [0.29, 0.717) is 5.56 Å². The maximum atomic E-state index is 11.9. The molecule has 100 valence electrons. The number of carboxylic acids is 1. The second kappa shape index (κ2) is 5.26. The molecule has 0 aliphatic heterocycles. The molecule has 1 aromatic carbocycles. The summed E-state index contributed by atoms with van der Waals surface area (Å²) in [6.07, 6.45) is -4.75. The third-order valence-corrected chi connectivity index (χ3v) is 2.43. The SMILES string of the molecule is CC(C(=O)O)C(N)c1ccc(OC(F)(F)F)cc1. The van der Waals surface area contributed by atoms with Crippen molar-refractivity contribution in [1.29, 1.82) is 0 Å². The van der Waals surface area contributed by atoms with Gasteiger partial charge in [0.1, 0.15) is 5.75 Å². The summed E-state index contributed by atoms with van der Waals surface area (Å²) < 4.78 is 39.4. The summed E-state index contributed by atoms with van der Waals surface area (Å²) in [6.45, 7) is 1.42. The molecular weight excluding hydrogens is 251 g/mol. The van der Waals surface area contributed by atoms with Gasteiger partial charge < -0.3 is 15.6 Å². The Morgan fingerprint density at radius 2 is 1.83 bits per heavy atom. The van der Waals surface area contributed by atoms with Gasteiger partial charge in [-0.3, -0.25) is 4.79 Å². The largest absolute Gasteiger partial charge is 0.573 e. The number of ether oxygens (including phenoxy) is 1. The van der Waals surface area contributed by atoms with Crippen molar-refractivity contribution in [3.05, 3.63) is 29.8 Å². The summed E-state index contributed by atoms with van der Waals surface area (Å²) in [7, 11) is 0. The summed E-state index contributed by atoms with van der Waals surface area (Å²) in [4.78, 5) is 10.7. The lowest BCUT2D eigenvalue weighted by atomic mass is 9.95. The third kappa shape index (κ3) is 3.92. The lowest BCUT2D eigenvalue weighted by Gasteiger charge is -2.17. The Morgan fingerprint density at radius 3 is 2.22 bits per heavy atom. The number of carbonyl (C=O) groups is 1. The number of halogens is 3. The van der Waals surface area contributed by atoms with E-state index in [1.165, 1.54) is 19.1 Å². The van der Waals surface area contributed by atoms with Crippen LogP contribution in [0.3, 0.4) is 0 Å². The van der Waals surface area contributed by atoms with Crippen LogP contribution in [0.25, 0.3) is 0 Å². The van der Waals surface area contributed by atoms with Gasteiger partial charge in [0.25, 0.3) is 0 Å². The van der Waals surface area contributed by atoms with E-state index in [4.69, 9.17) is 10.8 Å². The highest BCUT2D eigenvalue weighted by atomic mass is 19.4. The molecule has 0 bridgehead atoms. The van der Waals surface area contributed by atoms with Crippen molar-refractivity contribution in [3.63, 3.8) is 0 Å². The summed E-state index contributed by atoms with van der Waals surface area (Å²) >= 11 is 0. The van der Waals surface area contributed by atoms with Gasteiger partial charge in [-0.25, -0.2) is 0 Å². The molecule has 0 aromatic heterocycles. The van der Waals surface area contributed by atoms with Crippen LogP contribution in [0.1, 0.15) is 18.5 Å². The summed E-state index contributed by atoms with van der Waals surface area (Å²) in [5.74, 6) is -2.28. The van der Waals surface area contributed by atoms with Crippen LogP contribution in [-0.2, 0) is 4.79 Å². The molecule has 2 unspecified atom stereocenters. The van der Waals surface area contributed by atoms with E-state index in [-0.39, 0.29) is 5.75 Å². The van der Waals surface area contributed by atoms with E-state index in [2.05, 4.69) is 4.74 Å². The lowest BCUT2D eigenvalue weighted by molar-refractivity contribution is -0.274. The van der Waals surface area contributed by atoms with Crippen LogP contribution >= 0.6 is 0 Å². The van der Waals surface area contributed by atoms with E-state index in [0.717, 1.165) is 12.1 Å². The molecule has 18 heavy (non-hydrogen) atoms. The van der Waals surface area contributed by atoms with Crippen LogP contribution in [0.15, 0.2) is 24.3 Å². The number of carboxylic acid groups (broad SMARTS) is 1. The first-order chi connectivity index (χ1) is 8.20. The highest BCUT2D eigenvalue weighted by Crippen LogP contribution is 2.25. The fourth-order valence-electron chi connectivity index (χ4n) is 1.33. The molecule has 0 aliphatic carbocycles. The minimum absolute atomic E-state index is 0.374. The van der Waals surface area contributed by atoms with Gasteiger partial charge in [-0.2, -0.15) is 0 Å². The molecule has 4 nitrogen and oxygen atoms in total. The van der Waals surface area contributed by atoms with Crippen LogP contribution in [-0.4, -0.2) is 17.4 Å². The Morgan fingerprint density at radius 1 is 1.33 bits per heavy atom. The zero-order valence-electron chi connectivity index (χ0n) is 9.44. The quantitative estimate of drug-likeness (QED) is 0.874. The Balaban J connectivity index is 2.80. The maximum Gasteiger partial charge on any atom is 0.573 e. The van der Waals surface area contributed by atoms with Crippen LogP contribution in [0, 0.1) is 5.92 Å². The number of nitrogens with two attached hydrogens (primary N) is 1. The summed E-state index contributed by atoms with van der Waals surface area (Å²) in [5.41, 5.74) is 6.10. The van der Waals surface area contributed by atoms with Crippen LogP contribution < -0.4 is 10.5 Å². The van der Waals surface area contributed by atoms with Crippen molar-refractivity contribution in [2.24, 2.45) is 11.7 Å². The number of alkyl halides is 3. The summed E-state index contributed by atoms with van der Waals surface area (Å²) in [6, 6.07) is 4.02. The van der Waals surface area contributed by atoms with Gasteiger partial charge in [0.05, 0.1) is 5.92 Å². The van der Waals surface area contributed by atoms with E-state index in [9.17, 15) is 18.0 Å². The fraction of sp³-hybridized carbons (Fsp3) is 0.364. The Bertz CT molecular complexity index is 417. The van der Waals surface area contributed by atoms with Gasteiger partial charge in [0.2, 0.25) is 0 Å². The number of rotatable bonds is 4. The normalized spacial score (nSPS) is 14.9. The lowest BCUT2D eigenvalue weighted by Crippen LogP contribution is -2.25. The van der Waals surface area contributed by atoms with Gasteiger partial charge >= 0.3 is 12.3 Å². The van der Waals surface area contributed by atoms with Crippen molar-refractivity contribution < 1.29 is 27.8 Å². The first kappa shape index (κ1) is 14.3. The fourth-order valence-corrected chi connectivity index (χ4v) is 1.33. The van der Waals surface area contributed by atoms with E-state index in [1.807, 2.05) is 0 Å². The first-order valence-corrected chi connectivity index (χ1v) is 5.05. The number of hydrogen-bond acceptors (Lipinski definition) is 3. The van der Waals surface area contributed by atoms with E-state index in [1.54, 1.807) is 0 Å². The van der Waals surface area contributed by atoms with Gasteiger partial charge in [-0.1, -0.05) is 19.1 Å². The second-order valence-electron chi connectivity index (χ2n) is 3.77. The Hall–Kier alpha value is -1.76. The van der Waals surface area contributed by atoms with Crippen LogP contribution in [0.2, 0.25) is 0 Å². The first-order valence-electron chi connectivity index (χ1n) is 5.05. The van der Waals surface area contributed by atoms with E-state index < -0.39 is 24.3 Å². The van der Waals surface area contributed by atoms with Crippen molar-refractivity contribution in [3.8, 4) is 5.75 Å². The average Bonchev–Trinajstić information content (AvgIpc) is 2.26. The van der Waals surface area contributed by atoms with Crippen molar-refractivity contribution >= 4 is 5.97 Å². The third-order valence-electron chi connectivity index (χ3n) is 2.43. The standard InChI is InChI=1S/C11H12F3NO3/c1-6(10(16)17)9(15)7-2-4-8(5-3-7)18-11(12,13)14/h2-6,9H,15H2,1H3,(H,16,17). The van der Waals surface area contributed by atoms with Gasteiger partial charge in [0, 0.05) is 6.04 Å². The zero-order valence-corrected chi connectivity index (χ0v) is 9.44. The second-order valence-corrected chi connectivity index (χ2v) is 3.77. The minimum Gasteiger partial charge on any atom is -0.481 e. The maximum absolute atomic E-state index is 11.9. The van der Waals surface area contributed by atoms with Crippen molar-refractivity contribution in [2.75, 3.05) is 0 Å². The van der Waals surface area contributed by atoms with Gasteiger partial charge in [-0.15, -0.1) is 13.2 Å². The van der Waals surface area contributed by atoms with Crippen molar-refractivity contribution in [2.45, 2.75) is 19.3 Å². The van der Waals surface area contributed by atoms with Gasteiger partial charge in [-0.05, 0) is 17.7 Å². The molecule has 7 heteroatoms. The highest BCUT2D eigenvalue weighted by molar-refractivity contribution is 5.70.